The Morgan fingerprint density at radius 3 is 2.67 bits per heavy atom. The van der Waals surface area contributed by atoms with Crippen molar-refractivity contribution < 1.29 is 19.6 Å². The van der Waals surface area contributed by atoms with Crippen molar-refractivity contribution in [1.29, 1.82) is 5.26 Å². The lowest BCUT2D eigenvalue weighted by atomic mass is 10.0. The quantitative estimate of drug-likeness (QED) is 0.448. The van der Waals surface area contributed by atoms with Crippen LogP contribution < -0.4 is 10.3 Å². The summed E-state index contributed by atoms with van der Waals surface area (Å²) in [6.45, 7) is 2.68. The number of benzene rings is 1. The molecule has 0 amide bonds. The van der Waals surface area contributed by atoms with Crippen LogP contribution in [-0.4, -0.2) is 27.0 Å². The molecule has 0 bridgehead atoms. The topological polar surface area (TPSA) is 135 Å². The fourth-order valence-electron chi connectivity index (χ4n) is 2.66. The molecule has 0 spiro atoms. The number of ketones is 1. The van der Waals surface area contributed by atoms with E-state index >= 15 is 0 Å². The van der Waals surface area contributed by atoms with E-state index in [1.807, 2.05) is 0 Å². The number of para-hydroxylation sites is 2. The van der Waals surface area contributed by atoms with Crippen molar-refractivity contribution in [2.75, 3.05) is 6.61 Å². The Bertz CT molecular complexity index is 1000. The smallest absolute Gasteiger partial charge is 0.310 e. The summed E-state index contributed by atoms with van der Waals surface area (Å²) in [4.78, 5) is 35.2. The summed E-state index contributed by atoms with van der Waals surface area (Å²) in [5, 5.41) is 30.6. The van der Waals surface area contributed by atoms with Crippen molar-refractivity contribution in [1.82, 2.24) is 4.57 Å². The molecule has 0 unspecified atom stereocenters. The number of nitro benzene ring substituents is 1. The van der Waals surface area contributed by atoms with Crippen LogP contribution in [0.1, 0.15) is 34.8 Å². The second kappa shape index (κ2) is 8.14. The van der Waals surface area contributed by atoms with Gasteiger partial charge in [0, 0.05) is 12.6 Å². The third kappa shape index (κ3) is 3.79. The number of carbonyl (C=O) groups excluding carboxylic acids is 1. The minimum atomic E-state index is -0.704. The molecule has 0 saturated heterocycles. The zero-order chi connectivity index (χ0) is 20.1. The zero-order valence-corrected chi connectivity index (χ0v) is 14.8. The maximum absolute atomic E-state index is 12.6. The van der Waals surface area contributed by atoms with Gasteiger partial charge >= 0.3 is 5.69 Å². The Morgan fingerprint density at radius 1 is 1.41 bits per heavy atom. The van der Waals surface area contributed by atoms with Crippen molar-refractivity contribution in [2.45, 2.75) is 26.8 Å². The van der Waals surface area contributed by atoms with E-state index in [-0.39, 0.29) is 34.7 Å². The fraction of sp³-hybridized carbons (Fsp3) is 0.278. The average molecular weight is 371 g/mol. The van der Waals surface area contributed by atoms with E-state index in [4.69, 9.17) is 4.74 Å². The number of nitro groups is 1. The van der Waals surface area contributed by atoms with Crippen LogP contribution in [0.15, 0.2) is 29.1 Å². The van der Waals surface area contributed by atoms with Crippen LogP contribution in [0, 0.1) is 28.4 Å². The van der Waals surface area contributed by atoms with Crippen molar-refractivity contribution in [3.8, 4) is 17.7 Å². The largest absolute Gasteiger partial charge is 0.494 e. The molecule has 140 valence electrons. The highest BCUT2D eigenvalue weighted by atomic mass is 16.6. The first kappa shape index (κ1) is 19.7. The highest BCUT2D eigenvalue weighted by molar-refractivity contribution is 6.01. The van der Waals surface area contributed by atoms with E-state index in [1.54, 1.807) is 13.0 Å². The third-order valence-electron chi connectivity index (χ3n) is 3.95. The number of hydrogen-bond donors (Lipinski definition) is 1. The first-order valence-electron chi connectivity index (χ1n) is 8.09. The molecule has 0 fully saturated rings. The first-order valence-corrected chi connectivity index (χ1v) is 8.09. The van der Waals surface area contributed by atoms with Gasteiger partial charge in [0.05, 0.1) is 10.5 Å². The van der Waals surface area contributed by atoms with Gasteiger partial charge in [-0.05, 0) is 25.0 Å². The number of Topliss-reactive ketones (excluding diaryl/α,β-unsaturated/α-hetero) is 1. The second-order valence-electron chi connectivity index (χ2n) is 5.70. The number of aromatic nitrogens is 1. The molecular formula is C18H17N3O6. The standard InChI is InChI=1S/C18H17N3O6/c1-3-8-20-17(23)12(9-19)11(2)16(18(20)24)14(22)10-27-15-7-5-4-6-13(15)21(25)26/h4-7,24H,3,8,10H2,1-2H3. The van der Waals surface area contributed by atoms with Crippen LogP contribution in [0.25, 0.3) is 0 Å². The maximum atomic E-state index is 12.6. The van der Waals surface area contributed by atoms with Crippen LogP contribution in [0.5, 0.6) is 11.6 Å². The molecule has 1 heterocycles. The number of hydrogen-bond acceptors (Lipinski definition) is 7. The highest BCUT2D eigenvalue weighted by Gasteiger charge is 2.24. The molecule has 2 aromatic rings. The van der Waals surface area contributed by atoms with Gasteiger partial charge in [0.2, 0.25) is 11.7 Å². The van der Waals surface area contributed by atoms with E-state index in [0.717, 1.165) is 4.57 Å². The summed E-state index contributed by atoms with van der Waals surface area (Å²) in [5.74, 6) is -1.35. The lowest BCUT2D eigenvalue weighted by Crippen LogP contribution is -2.27. The summed E-state index contributed by atoms with van der Waals surface area (Å²) in [7, 11) is 0. The number of aromatic hydroxyl groups is 1. The van der Waals surface area contributed by atoms with Gasteiger partial charge in [0.15, 0.2) is 12.4 Å². The lowest BCUT2D eigenvalue weighted by Gasteiger charge is -2.15. The summed E-state index contributed by atoms with van der Waals surface area (Å²) in [5.41, 5.74) is -1.39. The molecule has 1 aromatic carbocycles. The highest BCUT2D eigenvalue weighted by Crippen LogP contribution is 2.27. The van der Waals surface area contributed by atoms with E-state index < -0.39 is 28.8 Å². The number of nitriles is 1. The van der Waals surface area contributed by atoms with Gasteiger partial charge in [-0.3, -0.25) is 24.3 Å². The SMILES string of the molecule is CCCn1c(O)c(C(=O)COc2ccccc2[N+](=O)[O-])c(C)c(C#N)c1=O. The molecule has 1 aromatic heterocycles. The molecule has 0 atom stereocenters. The molecule has 9 heteroatoms. The predicted molar refractivity (Wildman–Crippen MR) is 95.0 cm³/mol. The monoisotopic (exact) mass is 371 g/mol. The van der Waals surface area contributed by atoms with Gasteiger partial charge in [-0.25, -0.2) is 0 Å². The van der Waals surface area contributed by atoms with E-state index in [1.165, 1.54) is 31.2 Å². The molecule has 0 radical (unpaired) electrons. The van der Waals surface area contributed by atoms with Crippen molar-refractivity contribution >= 4 is 11.5 Å². The molecule has 0 saturated carbocycles. The van der Waals surface area contributed by atoms with Crippen LogP contribution in [0.2, 0.25) is 0 Å². The molecule has 27 heavy (non-hydrogen) atoms. The summed E-state index contributed by atoms with van der Waals surface area (Å²) in [6, 6.07) is 7.31. The summed E-state index contributed by atoms with van der Waals surface area (Å²) < 4.78 is 6.22. The van der Waals surface area contributed by atoms with Crippen molar-refractivity contribution in [3.05, 3.63) is 61.4 Å². The van der Waals surface area contributed by atoms with Crippen molar-refractivity contribution in [3.63, 3.8) is 0 Å². The number of ether oxygens (including phenoxy) is 1. The molecule has 0 aliphatic carbocycles. The maximum Gasteiger partial charge on any atom is 0.310 e. The Labute approximate surface area is 154 Å². The molecule has 0 aliphatic heterocycles. The van der Waals surface area contributed by atoms with Gasteiger partial charge in [0.25, 0.3) is 5.56 Å². The van der Waals surface area contributed by atoms with E-state index in [9.17, 15) is 30.1 Å². The number of pyridine rings is 1. The minimum Gasteiger partial charge on any atom is -0.494 e. The van der Waals surface area contributed by atoms with E-state index in [2.05, 4.69) is 0 Å². The number of nitrogens with zero attached hydrogens (tertiary/aromatic N) is 3. The van der Waals surface area contributed by atoms with E-state index in [0.29, 0.717) is 6.42 Å². The Kier molecular flexibility index (Phi) is 5.92. The Hall–Kier alpha value is -3.67. The third-order valence-corrected chi connectivity index (χ3v) is 3.95. The first-order chi connectivity index (χ1) is 12.8. The van der Waals surface area contributed by atoms with Gasteiger partial charge in [-0.15, -0.1) is 0 Å². The van der Waals surface area contributed by atoms with Gasteiger partial charge in [0.1, 0.15) is 11.6 Å². The molecule has 1 N–H and O–H groups in total. The lowest BCUT2D eigenvalue weighted by molar-refractivity contribution is -0.385. The van der Waals surface area contributed by atoms with Crippen LogP contribution >= 0.6 is 0 Å². The number of rotatable bonds is 7. The Morgan fingerprint density at radius 2 is 2.07 bits per heavy atom. The minimum absolute atomic E-state index is 0.0449. The summed E-state index contributed by atoms with van der Waals surface area (Å²) in [6.07, 6.45) is 0.502. The Balaban J connectivity index is 2.43. The van der Waals surface area contributed by atoms with Gasteiger partial charge in [-0.2, -0.15) is 5.26 Å². The van der Waals surface area contributed by atoms with Gasteiger partial charge < -0.3 is 9.84 Å². The van der Waals surface area contributed by atoms with Crippen LogP contribution in [0.4, 0.5) is 5.69 Å². The zero-order valence-electron chi connectivity index (χ0n) is 14.8. The summed E-state index contributed by atoms with van der Waals surface area (Å²) >= 11 is 0. The van der Waals surface area contributed by atoms with Crippen LogP contribution in [-0.2, 0) is 6.54 Å². The van der Waals surface area contributed by atoms with Crippen LogP contribution in [0.3, 0.4) is 0 Å². The average Bonchev–Trinajstić information content (AvgIpc) is 2.64. The fourth-order valence-corrected chi connectivity index (χ4v) is 2.66. The molecule has 2 rings (SSSR count). The predicted octanol–water partition coefficient (Wildman–Crippen LogP) is 2.31. The molecule has 9 nitrogen and oxygen atoms in total. The van der Waals surface area contributed by atoms with Crippen molar-refractivity contribution in [2.24, 2.45) is 0 Å². The number of carbonyl (C=O) groups is 1. The molecule has 0 aliphatic rings. The van der Waals surface area contributed by atoms with Gasteiger partial charge in [-0.1, -0.05) is 19.1 Å². The molecular weight excluding hydrogens is 354 g/mol. The second-order valence-corrected chi connectivity index (χ2v) is 5.70. The normalized spacial score (nSPS) is 10.3.